The van der Waals surface area contributed by atoms with E-state index in [-0.39, 0.29) is 0 Å². The number of hydrogen-bond donors (Lipinski definition) is 1. The van der Waals surface area contributed by atoms with Crippen LogP contribution in [0.1, 0.15) is 0 Å². The van der Waals surface area contributed by atoms with Gasteiger partial charge in [-0.25, -0.2) is 14.3 Å². The van der Waals surface area contributed by atoms with Crippen molar-refractivity contribution < 1.29 is 9.53 Å². The molecule has 0 aliphatic heterocycles. The van der Waals surface area contributed by atoms with E-state index in [1.54, 1.807) is 18.9 Å². The predicted octanol–water partition coefficient (Wildman–Crippen LogP) is 4.79. The lowest BCUT2D eigenvalue weighted by Gasteiger charge is -2.06. The minimum Gasteiger partial charge on any atom is -0.497 e. The lowest BCUT2D eigenvalue weighted by molar-refractivity contribution is 0.251. The number of carbonyl (C=O) groups excluding carboxylic acids is 1. The Labute approximate surface area is 160 Å². The first-order valence-electron chi connectivity index (χ1n) is 8.35. The monoisotopic (exact) mass is 375 g/mol. The molecule has 5 nitrogen and oxygen atoms in total. The van der Waals surface area contributed by atoms with Gasteiger partial charge in [-0.3, -0.25) is 0 Å². The van der Waals surface area contributed by atoms with Gasteiger partial charge in [0.05, 0.1) is 18.1 Å². The Bertz CT molecular complexity index is 1100. The van der Waals surface area contributed by atoms with E-state index in [4.69, 9.17) is 10.5 Å². The number of primary amides is 1. The number of nitrogens with zero attached hydrogens (tertiary/aromatic N) is 2. The number of methoxy groups -OCH3 is 1. The van der Waals surface area contributed by atoms with Gasteiger partial charge >= 0.3 is 6.03 Å². The molecule has 0 bridgehead atoms. The topological polar surface area (TPSA) is 70.1 Å². The molecule has 1 aromatic heterocycles. The Hall–Kier alpha value is -3.25. The number of nitrogens with two attached hydrogens (primary N) is 1. The van der Waals surface area contributed by atoms with Gasteiger partial charge in [0.25, 0.3) is 0 Å². The normalized spacial score (nSPS) is 10.9. The highest BCUT2D eigenvalue weighted by atomic mass is 32.2. The summed E-state index contributed by atoms with van der Waals surface area (Å²) < 4.78 is 6.63. The fourth-order valence-corrected chi connectivity index (χ4v) is 3.71. The maximum atomic E-state index is 12.0. The van der Waals surface area contributed by atoms with E-state index in [2.05, 4.69) is 4.98 Å². The second-order valence-electron chi connectivity index (χ2n) is 5.90. The van der Waals surface area contributed by atoms with Gasteiger partial charge in [0.15, 0.2) is 0 Å². The molecule has 0 fully saturated rings. The highest BCUT2D eigenvalue weighted by molar-refractivity contribution is 7.99. The SMILES string of the molecule is COc1ccc(Sc2ccc(-c3nc4ccccc4n3C(N)=O)cc2)cc1. The van der Waals surface area contributed by atoms with E-state index in [9.17, 15) is 4.79 Å². The molecule has 4 aromatic rings. The van der Waals surface area contributed by atoms with Crippen LogP contribution < -0.4 is 10.5 Å². The summed E-state index contributed by atoms with van der Waals surface area (Å²) in [5.74, 6) is 1.38. The highest BCUT2D eigenvalue weighted by Gasteiger charge is 2.15. The molecule has 4 rings (SSSR count). The molecule has 0 aliphatic carbocycles. The zero-order valence-corrected chi connectivity index (χ0v) is 15.4. The van der Waals surface area contributed by atoms with Gasteiger partial charge in [0.2, 0.25) is 0 Å². The molecule has 3 aromatic carbocycles. The quantitative estimate of drug-likeness (QED) is 0.557. The fraction of sp³-hybridized carbons (Fsp3) is 0.0476. The van der Waals surface area contributed by atoms with E-state index in [0.717, 1.165) is 26.6 Å². The molecule has 0 spiro atoms. The number of ether oxygens (including phenoxy) is 1. The molecule has 1 amide bonds. The molecule has 0 radical (unpaired) electrons. The van der Waals surface area contributed by atoms with Crippen molar-refractivity contribution in [2.24, 2.45) is 5.73 Å². The standard InChI is InChI=1S/C21H17N3O2S/c1-26-15-8-12-17(13-9-15)27-16-10-6-14(7-11-16)20-23-18-4-2-3-5-19(18)24(20)21(22)25/h2-13H,1H3,(H2,22,25). The van der Waals surface area contributed by atoms with E-state index >= 15 is 0 Å². The maximum Gasteiger partial charge on any atom is 0.325 e. The first kappa shape index (κ1) is 17.2. The third kappa shape index (κ3) is 3.39. The zero-order valence-electron chi connectivity index (χ0n) is 14.6. The number of rotatable bonds is 4. The second-order valence-corrected chi connectivity index (χ2v) is 7.05. The summed E-state index contributed by atoms with van der Waals surface area (Å²) in [6, 6.07) is 22.7. The van der Waals surface area contributed by atoms with Gasteiger partial charge in [-0.15, -0.1) is 0 Å². The number of fused-ring (bicyclic) bond motifs is 1. The Morgan fingerprint density at radius 2 is 1.59 bits per heavy atom. The summed E-state index contributed by atoms with van der Waals surface area (Å²) in [7, 11) is 1.65. The van der Waals surface area contributed by atoms with Crippen LogP contribution in [0.3, 0.4) is 0 Å². The number of para-hydroxylation sites is 2. The molecule has 1 heterocycles. The smallest absolute Gasteiger partial charge is 0.325 e. The Balaban J connectivity index is 1.65. The van der Waals surface area contributed by atoms with Crippen molar-refractivity contribution in [3.63, 3.8) is 0 Å². The van der Waals surface area contributed by atoms with Crippen molar-refractivity contribution in [1.82, 2.24) is 9.55 Å². The third-order valence-electron chi connectivity index (χ3n) is 4.19. The van der Waals surface area contributed by atoms with E-state index in [0.29, 0.717) is 11.3 Å². The van der Waals surface area contributed by atoms with Crippen LogP contribution in [0.2, 0.25) is 0 Å². The summed E-state index contributed by atoms with van der Waals surface area (Å²) in [6.45, 7) is 0. The van der Waals surface area contributed by atoms with Crippen LogP contribution in [-0.2, 0) is 0 Å². The summed E-state index contributed by atoms with van der Waals surface area (Å²) in [5.41, 5.74) is 7.87. The molecule has 0 saturated carbocycles. The van der Waals surface area contributed by atoms with Crippen molar-refractivity contribution in [1.29, 1.82) is 0 Å². The minimum absolute atomic E-state index is 0.546. The summed E-state index contributed by atoms with van der Waals surface area (Å²) in [6.07, 6.45) is 0. The molecule has 134 valence electrons. The van der Waals surface area contributed by atoms with Crippen molar-refractivity contribution >= 4 is 28.8 Å². The van der Waals surface area contributed by atoms with Crippen molar-refractivity contribution in [2.45, 2.75) is 9.79 Å². The van der Waals surface area contributed by atoms with Crippen LogP contribution in [0.15, 0.2) is 82.6 Å². The maximum absolute atomic E-state index is 12.0. The molecule has 27 heavy (non-hydrogen) atoms. The molecule has 0 aliphatic rings. The van der Waals surface area contributed by atoms with Gasteiger partial charge in [-0.2, -0.15) is 0 Å². The lowest BCUT2D eigenvalue weighted by atomic mass is 10.2. The summed E-state index contributed by atoms with van der Waals surface area (Å²) in [5, 5.41) is 0. The van der Waals surface area contributed by atoms with E-state index in [1.807, 2.05) is 72.8 Å². The molecular weight excluding hydrogens is 358 g/mol. The van der Waals surface area contributed by atoms with Crippen molar-refractivity contribution in [3.8, 4) is 17.1 Å². The van der Waals surface area contributed by atoms with Crippen molar-refractivity contribution in [2.75, 3.05) is 7.11 Å². The average molecular weight is 375 g/mol. The Kier molecular flexibility index (Phi) is 4.56. The van der Waals surface area contributed by atoms with Gasteiger partial charge < -0.3 is 10.5 Å². The number of benzene rings is 3. The molecule has 0 atom stereocenters. The lowest BCUT2D eigenvalue weighted by Crippen LogP contribution is -2.20. The van der Waals surface area contributed by atoms with E-state index < -0.39 is 6.03 Å². The highest BCUT2D eigenvalue weighted by Crippen LogP contribution is 2.31. The van der Waals surface area contributed by atoms with E-state index in [1.165, 1.54) is 4.57 Å². The zero-order chi connectivity index (χ0) is 18.8. The van der Waals surface area contributed by atoms with Crippen molar-refractivity contribution in [3.05, 3.63) is 72.8 Å². The number of hydrogen-bond acceptors (Lipinski definition) is 4. The first-order chi connectivity index (χ1) is 13.2. The largest absolute Gasteiger partial charge is 0.497 e. The summed E-state index contributed by atoms with van der Waals surface area (Å²) >= 11 is 1.65. The molecule has 6 heteroatoms. The Morgan fingerprint density at radius 1 is 0.963 bits per heavy atom. The van der Waals surface area contributed by atoms with Gasteiger partial charge in [-0.05, 0) is 48.5 Å². The van der Waals surface area contributed by atoms with Gasteiger partial charge in [0, 0.05) is 15.4 Å². The second kappa shape index (κ2) is 7.17. The van der Waals surface area contributed by atoms with Gasteiger partial charge in [-0.1, -0.05) is 36.0 Å². The van der Waals surface area contributed by atoms with Crippen LogP contribution in [-0.4, -0.2) is 22.7 Å². The third-order valence-corrected chi connectivity index (χ3v) is 5.20. The average Bonchev–Trinajstić information content (AvgIpc) is 3.09. The Morgan fingerprint density at radius 3 is 2.22 bits per heavy atom. The van der Waals surface area contributed by atoms with Crippen LogP contribution in [0.4, 0.5) is 4.79 Å². The molecule has 2 N–H and O–H groups in total. The van der Waals surface area contributed by atoms with Crippen LogP contribution >= 0.6 is 11.8 Å². The number of amides is 1. The minimum atomic E-state index is -0.546. The van der Waals surface area contributed by atoms with Crippen LogP contribution in [0, 0.1) is 0 Å². The number of aromatic nitrogens is 2. The van der Waals surface area contributed by atoms with Crippen LogP contribution in [0.5, 0.6) is 5.75 Å². The fourth-order valence-electron chi connectivity index (χ4n) is 2.89. The first-order valence-corrected chi connectivity index (χ1v) is 9.17. The predicted molar refractivity (Wildman–Crippen MR) is 107 cm³/mol. The molecule has 0 unspecified atom stereocenters. The van der Waals surface area contributed by atoms with Crippen LogP contribution in [0.25, 0.3) is 22.4 Å². The number of carbonyl (C=O) groups is 1. The molecule has 0 saturated heterocycles. The summed E-state index contributed by atoms with van der Waals surface area (Å²) in [4.78, 5) is 18.7. The molecular formula is C21H17N3O2S. The number of imidazole rings is 1. The van der Waals surface area contributed by atoms with Gasteiger partial charge in [0.1, 0.15) is 11.6 Å².